The molecule has 1 aromatic carbocycles. The van der Waals surface area contributed by atoms with Crippen molar-refractivity contribution in [1.29, 1.82) is 0 Å². The molecule has 1 fully saturated rings. The first kappa shape index (κ1) is 23.1. The minimum absolute atomic E-state index is 0.0146. The Morgan fingerprint density at radius 1 is 1.19 bits per heavy atom. The van der Waals surface area contributed by atoms with E-state index in [2.05, 4.69) is 31.3 Å². The van der Waals surface area contributed by atoms with Crippen molar-refractivity contribution in [2.24, 2.45) is 0 Å². The second kappa shape index (κ2) is 10.2. The summed E-state index contributed by atoms with van der Waals surface area (Å²) in [4.78, 5) is 33.0. The van der Waals surface area contributed by atoms with Crippen LogP contribution in [0.25, 0.3) is 10.2 Å². The Balaban J connectivity index is 1.63. The van der Waals surface area contributed by atoms with Crippen LogP contribution in [0.2, 0.25) is 0 Å². The number of rotatable bonds is 7. The van der Waals surface area contributed by atoms with Gasteiger partial charge in [-0.3, -0.25) is 14.2 Å². The van der Waals surface area contributed by atoms with Crippen LogP contribution in [0.3, 0.4) is 0 Å². The summed E-state index contributed by atoms with van der Waals surface area (Å²) in [6.45, 7) is 6.62. The summed E-state index contributed by atoms with van der Waals surface area (Å²) in [5.41, 5.74) is 3.26. The molecule has 2 heterocycles. The minimum atomic E-state index is -0.0146. The molecule has 3 aromatic rings. The first-order valence-electron chi connectivity index (χ1n) is 11.5. The van der Waals surface area contributed by atoms with Crippen LogP contribution < -0.4 is 10.9 Å². The number of aryl methyl sites for hydroxylation is 3. The largest absolute Gasteiger partial charge is 0.353 e. The lowest BCUT2D eigenvalue weighted by Gasteiger charge is -2.22. The number of aromatic nitrogens is 2. The van der Waals surface area contributed by atoms with Gasteiger partial charge in [0.1, 0.15) is 4.83 Å². The van der Waals surface area contributed by atoms with Crippen molar-refractivity contribution in [2.75, 3.05) is 5.75 Å². The van der Waals surface area contributed by atoms with E-state index in [0.717, 1.165) is 40.6 Å². The number of benzene rings is 1. The third kappa shape index (κ3) is 5.09. The topological polar surface area (TPSA) is 64.0 Å². The molecule has 32 heavy (non-hydrogen) atoms. The number of nitrogens with one attached hydrogen (secondary N) is 1. The van der Waals surface area contributed by atoms with Crippen molar-refractivity contribution in [3.8, 4) is 0 Å². The zero-order valence-electron chi connectivity index (χ0n) is 19.1. The van der Waals surface area contributed by atoms with Gasteiger partial charge in [-0.1, -0.05) is 67.8 Å². The fourth-order valence-electron chi connectivity index (χ4n) is 4.35. The highest BCUT2D eigenvalue weighted by atomic mass is 32.2. The summed E-state index contributed by atoms with van der Waals surface area (Å²) in [7, 11) is 0. The molecule has 1 aliphatic carbocycles. The first-order valence-corrected chi connectivity index (χ1v) is 13.3. The zero-order valence-corrected chi connectivity index (χ0v) is 20.7. The standard InChI is InChI=1S/C25H31N3O2S2/c1-4-20-17(3)22-23(32-20)27-25(31-15-21(29)26-19-8-6-5-7-9-19)28(24(22)30)14-18-12-10-16(2)11-13-18/h10-13,19H,4-9,14-15H2,1-3H3,(H,26,29). The van der Waals surface area contributed by atoms with Crippen LogP contribution in [-0.2, 0) is 17.8 Å². The van der Waals surface area contributed by atoms with Crippen LogP contribution >= 0.6 is 23.1 Å². The van der Waals surface area contributed by atoms with Gasteiger partial charge in [0.25, 0.3) is 5.56 Å². The maximum absolute atomic E-state index is 13.5. The smallest absolute Gasteiger partial charge is 0.263 e. The molecule has 0 unspecified atom stereocenters. The van der Waals surface area contributed by atoms with Crippen molar-refractivity contribution >= 4 is 39.2 Å². The maximum Gasteiger partial charge on any atom is 0.263 e. The number of amides is 1. The van der Waals surface area contributed by atoms with Crippen molar-refractivity contribution in [3.05, 3.63) is 56.2 Å². The van der Waals surface area contributed by atoms with Gasteiger partial charge in [0.05, 0.1) is 17.7 Å². The lowest BCUT2D eigenvalue weighted by atomic mass is 9.95. The fraction of sp³-hybridized carbons (Fsp3) is 0.480. The molecule has 1 N–H and O–H groups in total. The average Bonchev–Trinajstić information content (AvgIpc) is 3.12. The molecule has 0 atom stereocenters. The van der Waals surface area contributed by atoms with E-state index in [0.29, 0.717) is 11.7 Å². The monoisotopic (exact) mass is 469 g/mol. The Kier molecular flexibility index (Phi) is 7.36. The number of carbonyl (C=O) groups is 1. The van der Waals surface area contributed by atoms with Crippen LogP contribution in [0.4, 0.5) is 0 Å². The molecule has 0 saturated heterocycles. The van der Waals surface area contributed by atoms with Gasteiger partial charge in [0, 0.05) is 10.9 Å². The zero-order chi connectivity index (χ0) is 22.7. The third-order valence-electron chi connectivity index (χ3n) is 6.20. The number of nitrogens with zero attached hydrogens (tertiary/aromatic N) is 2. The van der Waals surface area contributed by atoms with E-state index in [1.54, 1.807) is 15.9 Å². The highest BCUT2D eigenvalue weighted by molar-refractivity contribution is 7.99. The summed E-state index contributed by atoms with van der Waals surface area (Å²) in [5.74, 6) is 0.294. The molecule has 1 aliphatic rings. The van der Waals surface area contributed by atoms with E-state index in [-0.39, 0.29) is 23.3 Å². The Bertz CT molecular complexity index is 1160. The molecule has 1 amide bonds. The summed E-state index contributed by atoms with van der Waals surface area (Å²) >= 11 is 2.96. The fourth-order valence-corrected chi connectivity index (χ4v) is 6.32. The van der Waals surface area contributed by atoms with Crippen LogP contribution in [-0.4, -0.2) is 27.3 Å². The number of thioether (sulfide) groups is 1. The summed E-state index contributed by atoms with van der Waals surface area (Å²) in [6.07, 6.45) is 6.64. The van der Waals surface area contributed by atoms with E-state index < -0.39 is 0 Å². The predicted molar refractivity (Wildman–Crippen MR) is 134 cm³/mol. The molecule has 0 radical (unpaired) electrons. The molecule has 7 heteroatoms. The molecule has 170 valence electrons. The highest BCUT2D eigenvalue weighted by Gasteiger charge is 2.20. The van der Waals surface area contributed by atoms with E-state index in [9.17, 15) is 9.59 Å². The van der Waals surface area contributed by atoms with Crippen LogP contribution in [0.15, 0.2) is 34.2 Å². The third-order valence-corrected chi connectivity index (χ3v) is 8.51. The number of fused-ring (bicyclic) bond motifs is 1. The van der Waals surface area contributed by atoms with Crippen LogP contribution in [0.5, 0.6) is 0 Å². The van der Waals surface area contributed by atoms with Crippen molar-refractivity contribution in [1.82, 2.24) is 14.9 Å². The van der Waals surface area contributed by atoms with Gasteiger partial charge in [-0.05, 0) is 44.2 Å². The summed E-state index contributed by atoms with van der Waals surface area (Å²) < 4.78 is 1.74. The first-order chi connectivity index (χ1) is 15.5. The molecule has 0 bridgehead atoms. The van der Waals surface area contributed by atoms with Gasteiger partial charge in [0.15, 0.2) is 5.16 Å². The van der Waals surface area contributed by atoms with Gasteiger partial charge in [-0.25, -0.2) is 4.98 Å². The second-order valence-electron chi connectivity index (χ2n) is 8.65. The Morgan fingerprint density at radius 2 is 1.91 bits per heavy atom. The SMILES string of the molecule is CCc1sc2nc(SCC(=O)NC3CCCCC3)n(Cc3ccc(C)cc3)c(=O)c2c1C. The van der Waals surface area contributed by atoms with Gasteiger partial charge in [0.2, 0.25) is 5.91 Å². The van der Waals surface area contributed by atoms with E-state index in [1.165, 1.54) is 41.5 Å². The number of hydrogen-bond donors (Lipinski definition) is 1. The van der Waals surface area contributed by atoms with E-state index in [4.69, 9.17) is 4.98 Å². The Morgan fingerprint density at radius 3 is 2.59 bits per heavy atom. The molecular weight excluding hydrogens is 438 g/mol. The molecular formula is C25H31N3O2S2. The summed E-state index contributed by atoms with van der Waals surface area (Å²) in [5, 5.41) is 4.50. The average molecular weight is 470 g/mol. The van der Waals surface area contributed by atoms with E-state index >= 15 is 0 Å². The molecule has 4 rings (SSSR count). The van der Waals surface area contributed by atoms with E-state index in [1.807, 2.05) is 19.1 Å². The molecule has 0 aliphatic heterocycles. The van der Waals surface area contributed by atoms with Gasteiger partial charge in [-0.2, -0.15) is 0 Å². The predicted octanol–water partition coefficient (Wildman–Crippen LogP) is 5.23. The van der Waals surface area contributed by atoms with Gasteiger partial charge >= 0.3 is 0 Å². The molecule has 1 saturated carbocycles. The normalized spacial score (nSPS) is 14.7. The molecule has 5 nitrogen and oxygen atoms in total. The minimum Gasteiger partial charge on any atom is -0.353 e. The maximum atomic E-state index is 13.5. The lowest BCUT2D eigenvalue weighted by molar-refractivity contribution is -0.119. The molecule has 0 spiro atoms. The lowest BCUT2D eigenvalue weighted by Crippen LogP contribution is -2.37. The second-order valence-corrected chi connectivity index (χ2v) is 10.7. The van der Waals surface area contributed by atoms with Crippen LogP contribution in [0, 0.1) is 13.8 Å². The van der Waals surface area contributed by atoms with Crippen molar-refractivity contribution in [3.63, 3.8) is 0 Å². The Hall–Kier alpha value is -2.12. The number of carbonyl (C=O) groups excluding carboxylic acids is 1. The Labute approximate surface area is 197 Å². The quantitative estimate of drug-likeness (QED) is 0.380. The molecule has 2 aromatic heterocycles. The van der Waals surface area contributed by atoms with Gasteiger partial charge < -0.3 is 5.32 Å². The van der Waals surface area contributed by atoms with Crippen molar-refractivity contribution in [2.45, 2.75) is 77.0 Å². The van der Waals surface area contributed by atoms with Crippen molar-refractivity contribution < 1.29 is 4.79 Å². The number of thiophene rings is 1. The highest BCUT2D eigenvalue weighted by Crippen LogP contribution is 2.30. The number of hydrogen-bond acceptors (Lipinski definition) is 5. The summed E-state index contributed by atoms with van der Waals surface area (Å²) in [6, 6.07) is 8.50. The van der Waals surface area contributed by atoms with Gasteiger partial charge in [-0.15, -0.1) is 11.3 Å². The van der Waals surface area contributed by atoms with Crippen LogP contribution in [0.1, 0.15) is 60.6 Å².